The van der Waals surface area contributed by atoms with Gasteiger partial charge >= 0.3 is 0 Å². The quantitative estimate of drug-likeness (QED) is 0.540. The molecule has 1 nitrogen and oxygen atoms in total. The van der Waals surface area contributed by atoms with Crippen molar-refractivity contribution in [1.29, 1.82) is 0 Å². The second-order valence-electron chi connectivity index (χ2n) is 2.61. The molecule has 1 rings (SSSR count). The third-order valence-electron chi connectivity index (χ3n) is 1.67. The van der Waals surface area contributed by atoms with Crippen molar-refractivity contribution in [2.75, 3.05) is 0 Å². The predicted molar refractivity (Wildman–Crippen MR) is 41.8 cm³/mol. The molecule has 1 aliphatic rings. The lowest BCUT2D eigenvalue weighted by Crippen LogP contribution is -1.90. The maximum Gasteiger partial charge on any atom is 0.162 e. The van der Waals surface area contributed by atoms with E-state index in [2.05, 4.69) is 13.0 Å². The van der Waals surface area contributed by atoms with Crippen LogP contribution in [0.2, 0.25) is 0 Å². The number of Topliss-reactive ketones (excluding diaryl/α,β-unsaturated/α-hetero) is 1. The standard InChI is InChI=1S/C9H12O/c1-3-4-8-5-7(2)9(10)6-8/h4-5H,3,6H2,1-2H3/b8-4+. The minimum absolute atomic E-state index is 0.278. The summed E-state index contributed by atoms with van der Waals surface area (Å²) in [7, 11) is 0. The number of carbonyl (C=O) groups is 1. The molecule has 0 heterocycles. The number of ketones is 1. The maximum absolute atomic E-state index is 11.0. The van der Waals surface area contributed by atoms with Crippen LogP contribution in [-0.4, -0.2) is 5.78 Å². The van der Waals surface area contributed by atoms with Gasteiger partial charge in [-0.15, -0.1) is 0 Å². The zero-order valence-electron chi connectivity index (χ0n) is 6.48. The van der Waals surface area contributed by atoms with Crippen LogP contribution in [0.15, 0.2) is 23.3 Å². The van der Waals surface area contributed by atoms with Crippen LogP contribution in [0.1, 0.15) is 26.7 Å². The van der Waals surface area contributed by atoms with E-state index >= 15 is 0 Å². The largest absolute Gasteiger partial charge is 0.294 e. The molecule has 0 aromatic carbocycles. The zero-order chi connectivity index (χ0) is 7.56. The molecule has 0 radical (unpaired) electrons. The van der Waals surface area contributed by atoms with E-state index in [4.69, 9.17) is 0 Å². The van der Waals surface area contributed by atoms with Crippen LogP contribution in [0.4, 0.5) is 0 Å². The van der Waals surface area contributed by atoms with Gasteiger partial charge in [0.1, 0.15) is 0 Å². The highest BCUT2D eigenvalue weighted by Crippen LogP contribution is 2.19. The zero-order valence-corrected chi connectivity index (χ0v) is 6.48. The molecule has 0 bridgehead atoms. The summed E-state index contributed by atoms with van der Waals surface area (Å²) < 4.78 is 0. The fourth-order valence-corrected chi connectivity index (χ4v) is 1.13. The van der Waals surface area contributed by atoms with Gasteiger partial charge in [-0.25, -0.2) is 0 Å². The van der Waals surface area contributed by atoms with Crippen molar-refractivity contribution in [3.8, 4) is 0 Å². The van der Waals surface area contributed by atoms with E-state index in [9.17, 15) is 4.79 Å². The lowest BCUT2D eigenvalue weighted by Gasteiger charge is -1.87. The molecule has 0 aliphatic heterocycles. The first-order valence-corrected chi connectivity index (χ1v) is 3.64. The third kappa shape index (κ3) is 1.35. The minimum Gasteiger partial charge on any atom is -0.294 e. The maximum atomic E-state index is 11.0. The normalized spacial score (nSPS) is 22.0. The van der Waals surface area contributed by atoms with Crippen molar-refractivity contribution in [3.05, 3.63) is 23.3 Å². The molecule has 0 saturated heterocycles. The Bertz CT molecular complexity index is 209. The van der Waals surface area contributed by atoms with Gasteiger partial charge in [0.15, 0.2) is 5.78 Å². The summed E-state index contributed by atoms with van der Waals surface area (Å²) in [6.07, 6.45) is 5.73. The van der Waals surface area contributed by atoms with E-state index in [1.54, 1.807) is 0 Å². The molecule has 10 heavy (non-hydrogen) atoms. The smallest absolute Gasteiger partial charge is 0.162 e. The van der Waals surface area contributed by atoms with Gasteiger partial charge in [0.2, 0.25) is 0 Å². The average molecular weight is 136 g/mol. The SMILES string of the molecule is CC/C=C1\C=C(C)C(=O)C1. The highest BCUT2D eigenvalue weighted by Gasteiger charge is 2.13. The van der Waals surface area contributed by atoms with Gasteiger partial charge in [0.25, 0.3) is 0 Å². The molecule has 0 amide bonds. The molecular weight excluding hydrogens is 124 g/mol. The second-order valence-corrected chi connectivity index (χ2v) is 2.61. The lowest BCUT2D eigenvalue weighted by molar-refractivity contribution is -0.114. The van der Waals surface area contributed by atoms with Crippen LogP contribution in [-0.2, 0) is 4.79 Å². The number of rotatable bonds is 1. The van der Waals surface area contributed by atoms with Crippen LogP contribution < -0.4 is 0 Å². The molecule has 54 valence electrons. The van der Waals surface area contributed by atoms with E-state index in [0.29, 0.717) is 6.42 Å². The Labute approximate surface area is 61.4 Å². The van der Waals surface area contributed by atoms with Gasteiger partial charge < -0.3 is 0 Å². The number of carbonyl (C=O) groups excluding carboxylic acids is 1. The highest BCUT2D eigenvalue weighted by molar-refractivity contribution is 6.00. The summed E-state index contributed by atoms with van der Waals surface area (Å²) in [5, 5.41) is 0. The van der Waals surface area contributed by atoms with Crippen molar-refractivity contribution in [3.63, 3.8) is 0 Å². The van der Waals surface area contributed by atoms with Crippen molar-refractivity contribution < 1.29 is 4.79 Å². The Morgan fingerprint density at radius 2 is 2.40 bits per heavy atom. The van der Waals surface area contributed by atoms with Gasteiger partial charge in [-0.3, -0.25) is 4.79 Å². The van der Waals surface area contributed by atoms with Crippen molar-refractivity contribution >= 4 is 5.78 Å². The molecule has 0 atom stereocenters. The van der Waals surface area contributed by atoms with E-state index < -0.39 is 0 Å². The Morgan fingerprint density at radius 3 is 2.80 bits per heavy atom. The molecule has 0 aromatic heterocycles. The van der Waals surface area contributed by atoms with Gasteiger partial charge in [0, 0.05) is 6.42 Å². The van der Waals surface area contributed by atoms with Crippen LogP contribution in [0.3, 0.4) is 0 Å². The minimum atomic E-state index is 0.278. The lowest BCUT2D eigenvalue weighted by atomic mass is 10.2. The Hall–Kier alpha value is -0.850. The molecular formula is C9H12O. The topological polar surface area (TPSA) is 17.1 Å². The fourth-order valence-electron chi connectivity index (χ4n) is 1.13. The van der Waals surface area contributed by atoms with Gasteiger partial charge in [-0.2, -0.15) is 0 Å². The Balaban J connectivity index is 2.74. The summed E-state index contributed by atoms with van der Waals surface area (Å²) in [6.45, 7) is 3.96. The van der Waals surface area contributed by atoms with Crippen LogP contribution in [0, 0.1) is 0 Å². The highest BCUT2D eigenvalue weighted by atomic mass is 16.1. The van der Waals surface area contributed by atoms with Gasteiger partial charge in [-0.1, -0.05) is 19.1 Å². The van der Waals surface area contributed by atoms with Gasteiger partial charge in [-0.05, 0) is 24.5 Å². The van der Waals surface area contributed by atoms with E-state index in [1.807, 2.05) is 13.0 Å². The Kier molecular flexibility index (Phi) is 2.05. The molecule has 0 unspecified atom stereocenters. The number of hydrogen-bond acceptors (Lipinski definition) is 1. The van der Waals surface area contributed by atoms with Crippen LogP contribution in [0.5, 0.6) is 0 Å². The summed E-state index contributed by atoms with van der Waals surface area (Å²) in [5.74, 6) is 0.278. The summed E-state index contributed by atoms with van der Waals surface area (Å²) in [6, 6.07) is 0. The van der Waals surface area contributed by atoms with Crippen molar-refractivity contribution in [1.82, 2.24) is 0 Å². The molecule has 1 heteroatoms. The molecule has 0 fully saturated rings. The molecule has 0 spiro atoms. The van der Waals surface area contributed by atoms with Crippen molar-refractivity contribution in [2.45, 2.75) is 26.7 Å². The van der Waals surface area contributed by atoms with Crippen LogP contribution in [0.25, 0.3) is 0 Å². The van der Waals surface area contributed by atoms with Gasteiger partial charge in [0.05, 0.1) is 0 Å². The summed E-state index contributed by atoms with van der Waals surface area (Å²) >= 11 is 0. The first-order valence-electron chi connectivity index (χ1n) is 3.64. The molecule has 0 aromatic rings. The predicted octanol–water partition coefficient (Wildman–Crippen LogP) is 2.24. The molecule has 1 aliphatic carbocycles. The average Bonchev–Trinajstić information content (AvgIpc) is 2.14. The summed E-state index contributed by atoms with van der Waals surface area (Å²) in [4.78, 5) is 11.0. The number of allylic oxidation sites excluding steroid dienone is 4. The molecule has 0 saturated carbocycles. The van der Waals surface area contributed by atoms with E-state index in [1.165, 1.54) is 5.57 Å². The van der Waals surface area contributed by atoms with E-state index in [0.717, 1.165) is 12.0 Å². The Morgan fingerprint density at radius 1 is 1.70 bits per heavy atom. The third-order valence-corrected chi connectivity index (χ3v) is 1.67. The fraction of sp³-hybridized carbons (Fsp3) is 0.444. The van der Waals surface area contributed by atoms with Crippen molar-refractivity contribution in [2.24, 2.45) is 0 Å². The second kappa shape index (κ2) is 2.82. The first kappa shape index (κ1) is 7.26. The summed E-state index contributed by atoms with van der Waals surface area (Å²) in [5.41, 5.74) is 2.09. The number of hydrogen-bond donors (Lipinski definition) is 0. The molecule has 0 N–H and O–H groups in total. The monoisotopic (exact) mass is 136 g/mol. The van der Waals surface area contributed by atoms with E-state index in [-0.39, 0.29) is 5.78 Å². The first-order chi connectivity index (χ1) is 4.74. The van der Waals surface area contributed by atoms with Crippen LogP contribution >= 0.6 is 0 Å².